The van der Waals surface area contributed by atoms with E-state index in [0.29, 0.717) is 30.6 Å². The number of halogens is 3. The summed E-state index contributed by atoms with van der Waals surface area (Å²) in [5.74, 6) is -6.02. The molecular formula is C23H23F3N4O5S. The lowest BCUT2D eigenvalue weighted by molar-refractivity contribution is 0.0723. The van der Waals surface area contributed by atoms with Gasteiger partial charge in [0.25, 0.3) is 0 Å². The van der Waals surface area contributed by atoms with Gasteiger partial charge in [0, 0.05) is 18.2 Å². The molecule has 13 heteroatoms. The number of carbonyl (C=O) groups excluding carboxylic acids is 1. The molecule has 1 aliphatic heterocycles. The van der Waals surface area contributed by atoms with Gasteiger partial charge in [-0.15, -0.1) is 0 Å². The Morgan fingerprint density at radius 3 is 2.72 bits per heavy atom. The lowest BCUT2D eigenvalue weighted by Gasteiger charge is -2.35. The molecule has 1 aliphatic rings. The molecule has 2 N–H and O–H groups in total. The van der Waals surface area contributed by atoms with Gasteiger partial charge in [0.1, 0.15) is 5.82 Å². The Balaban J connectivity index is 1.73. The van der Waals surface area contributed by atoms with Crippen molar-refractivity contribution in [2.75, 3.05) is 41.7 Å². The van der Waals surface area contributed by atoms with Crippen LogP contribution in [0.4, 0.5) is 24.7 Å². The van der Waals surface area contributed by atoms with Gasteiger partial charge in [-0.05, 0) is 24.6 Å². The summed E-state index contributed by atoms with van der Waals surface area (Å²) in [5, 5.41) is 9.62. The first-order valence-corrected chi connectivity index (χ1v) is 12.7. The zero-order valence-corrected chi connectivity index (χ0v) is 20.0. The molecule has 0 saturated carbocycles. The van der Waals surface area contributed by atoms with Crippen LogP contribution >= 0.6 is 0 Å². The van der Waals surface area contributed by atoms with Gasteiger partial charge in [-0.2, -0.15) is 0 Å². The van der Waals surface area contributed by atoms with Gasteiger partial charge in [0.15, 0.2) is 23.2 Å². The number of ketones is 1. The summed E-state index contributed by atoms with van der Waals surface area (Å²) in [7, 11) is -4.04. The van der Waals surface area contributed by atoms with Gasteiger partial charge in [0.2, 0.25) is 10.0 Å². The number of fused-ring (bicyclic) bond motifs is 1. The molecule has 9 nitrogen and oxygen atoms in total. The van der Waals surface area contributed by atoms with Crippen molar-refractivity contribution in [2.45, 2.75) is 19.4 Å². The van der Waals surface area contributed by atoms with Gasteiger partial charge in [-0.25, -0.2) is 26.6 Å². The monoisotopic (exact) mass is 524 g/mol. The number of ether oxygens (including phenoxy) is 1. The van der Waals surface area contributed by atoms with Gasteiger partial charge in [0.05, 0.1) is 60.1 Å². The average molecular weight is 525 g/mol. The molecule has 1 unspecified atom stereocenters. The number of sulfonamides is 1. The highest BCUT2D eigenvalue weighted by Gasteiger charge is 2.28. The molecular weight excluding hydrogens is 501 g/mol. The molecule has 36 heavy (non-hydrogen) atoms. The molecule has 1 atom stereocenters. The molecule has 3 aromatic rings. The molecule has 1 fully saturated rings. The first-order chi connectivity index (χ1) is 17.1. The third-order valence-electron chi connectivity index (χ3n) is 5.65. The van der Waals surface area contributed by atoms with Crippen LogP contribution in [0.15, 0.2) is 30.5 Å². The average Bonchev–Trinajstić information content (AvgIpc) is 2.86. The van der Waals surface area contributed by atoms with Crippen molar-refractivity contribution in [2.24, 2.45) is 0 Å². The van der Waals surface area contributed by atoms with Gasteiger partial charge in [-0.1, -0.05) is 6.92 Å². The second kappa shape index (κ2) is 10.4. The predicted molar refractivity (Wildman–Crippen MR) is 126 cm³/mol. The number of anilines is 2. The number of hydrogen-bond donors (Lipinski definition) is 2. The molecule has 1 aromatic heterocycles. The number of nitrogens with zero attached hydrogens (tertiary/aromatic N) is 3. The van der Waals surface area contributed by atoms with Crippen molar-refractivity contribution < 1.29 is 36.2 Å². The normalized spacial score (nSPS) is 16.4. The summed E-state index contributed by atoms with van der Waals surface area (Å²) in [4.78, 5) is 23.6. The number of aliphatic hydroxyl groups is 1. The number of aliphatic hydroxyl groups excluding tert-OH is 1. The summed E-state index contributed by atoms with van der Waals surface area (Å²) in [5.41, 5.74) is -1.70. The third kappa shape index (κ3) is 5.13. The highest BCUT2D eigenvalue weighted by atomic mass is 32.2. The quantitative estimate of drug-likeness (QED) is 0.341. The lowest BCUT2D eigenvalue weighted by Crippen LogP contribution is -2.48. The number of carbonyl (C=O) groups is 1. The summed E-state index contributed by atoms with van der Waals surface area (Å²) >= 11 is 0. The van der Waals surface area contributed by atoms with Gasteiger partial charge in [-0.3, -0.25) is 14.5 Å². The van der Waals surface area contributed by atoms with E-state index in [9.17, 15) is 27.1 Å². The minimum Gasteiger partial charge on any atom is -0.394 e. The summed E-state index contributed by atoms with van der Waals surface area (Å²) in [6.07, 6.45) is 1.70. The van der Waals surface area contributed by atoms with Crippen molar-refractivity contribution in [3.05, 3.63) is 59.0 Å². The van der Waals surface area contributed by atoms with Crippen LogP contribution in [0.25, 0.3) is 11.0 Å². The zero-order chi connectivity index (χ0) is 26.0. The van der Waals surface area contributed by atoms with Crippen molar-refractivity contribution in [3.8, 4) is 0 Å². The molecule has 0 radical (unpaired) electrons. The van der Waals surface area contributed by atoms with Crippen molar-refractivity contribution in [1.82, 2.24) is 9.97 Å². The SMILES string of the molecule is CCCS(=O)(=O)Nc1cc(F)c(F)c(C(=O)c2ccc3ncc(N4CCOCC4CO)nc3c2)c1F. The molecule has 0 bridgehead atoms. The fourth-order valence-corrected chi connectivity index (χ4v) is 5.02. The second-order valence-corrected chi connectivity index (χ2v) is 10.0. The van der Waals surface area contributed by atoms with Crippen LogP contribution in [-0.4, -0.2) is 67.4 Å². The molecule has 0 amide bonds. The van der Waals surface area contributed by atoms with Gasteiger partial charge < -0.3 is 14.7 Å². The van der Waals surface area contributed by atoms with Crippen molar-refractivity contribution in [3.63, 3.8) is 0 Å². The lowest BCUT2D eigenvalue weighted by atomic mass is 10.0. The summed E-state index contributed by atoms with van der Waals surface area (Å²) in [6, 6.07) is 3.94. The number of morpholine rings is 1. The number of aromatic nitrogens is 2. The minimum atomic E-state index is -4.04. The second-order valence-electron chi connectivity index (χ2n) is 8.20. The topological polar surface area (TPSA) is 122 Å². The molecule has 2 heterocycles. The Hall–Kier alpha value is -3.29. The molecule has 0 aliphatic carbocycles. The zero-order valence-electron chi connectivity index (χ0n) is 19.2. The highest BCUT2D eigenvalue weighted by molar-refractivity contribution is 7.92. The van der Waals surface area contributed by atoms with Crippen molar-refractivity contribution >= 4 is 38.3 Å². The van der Waals surface area contributed by atoms with Crippen LogP contribution in [0.5, 0.6) is 0 Å². The molecule has 0 spiro atoms. The Labute approximate surface area is 205 Å². The van der Waals surface area contributed by atoms with E-state index in [-0.39, 0.29) is 42.5 Å². The summed E-state index contributed by atoms with van der Waals surface area (Å²) < 4.78 is 75.2. The molecule has 4 rings (SSSR count). The third-order valence-corrected chi connectivity index (χ3v) is 7.12. The Kier molecular flexibility index (Phi) is 7.43. The van der Waals surface area contributed by atoms with Crippen LogP contribution in [-0.2, 0) is 14.8 Å². The molecule has 192 valence electrons. The number of rotatable bonds is 8. The number of nitrogens with one attached hydrogen (secondary N) is 1. The van der Waals surface area contributed by atoms with Crippen LogP contribution in [0.1, 0.15) is 29.3 Å². The first-order valence-electron chi connectivity index (χ1n) is 11.1. The maximum atomic E-state index is 15.1. The van der Waals surface area contributed by atoms with E-state index in [1.165, 1.54) is 24.4 Å². The maximum absolute atomic E-state index is 15.1. The van der Waals surface area contributed by atoms with Crippen molar-refractivity contribution in [1.29, 1.82) is 0 Å². The van der Waals surface area contributed by atoms with E-state index in [4.69, 9.17) is 4.74 Å². The van der Waals surface area contributed by atoms with E-state index in [2.05, 4.69) is 9.97 Å². The number of hydrogen-bond acceptors (Lipinski definition) is 8. The standard InChI is InChI=1S/C23H23F3N4O5S/c1-2-7-36(33,34)29-18-9-15(24)21(25)20(22(18)26)23(32)13-3-4-16-17(8-13)28-19(10-27-16)30-5-6-35-12-14(30)11-31/h3-4,8-10,14,29,31H,2,5-7,11-12H2,1H3. The van der Waals surface area contributed by atoms with E-state index in [1.807, 2.05) is 4.72 Å². The maximum Gasteiger partial charge on any atom is 0.232 e. The summed E-state index contributed by atoms with van der Waals surface area (Å²) in [6.45, 7) is 2.54. The fraction of sp³-hybridized carbons (Fsp3) is 0.348. The van der Waals surface area contributed by atoms with Gasteiger partial charge >= 0.3 is 0 Å². The first kappa shape index (κ1) is 25.8. The predicted octanol–water partition coefficient (Wildman–Crippen LogP) is 2.63. The largest absolute Gasteiger partial charge is 0.394 e. The Morgan fingerprint density at radius 2 is 2.00 bits per heavy atom. The molecule has 1 saturated heterocycles. The van der Waals surface area contributed by atoms with Crippen LogP contribution in [0.3, 0.4) is 0 Å². The fourth-order valence-electron chi connectivity index (χ4n) is 3.90. The highest BCUT2D eigenvalue weighted by Crippen LogP contribution is 2.28. The van der Waals surface area contributed by atoms with Crippen LogP contribution < -0.4 is 9.62 Å². The minimum absolute atomic E-state index is 0.180. The Morgan fingerprint density at radius 1 is 1.22 bits per heavy atom. The van der Waals surface area contributed by atoms with E-state index >= 15 is 4.39 Å². The molecule has 2 aromatic carbocycles. The Bertz CT molecular complexity index is 1420. The van der Waals surface area contributed by atoms with E-state index in [1.54, 1.807) is 11.8 Å². The van der Waals surface area contributed by atoms with Crippen LogP contribution in [0.2, 0.25) is 0 Å². The van der Waals surface area contributed by atoms with E-state index < -0.39 is 44.5 Å². The van der Waals surface area contributed by atoms with E-state index in [0.717, 1.165) is 0 Å². The van der Waals surface area contributed by atoms with Crippen LogP contribution in [0, 0.1) is 17.5 Å². The smallest absolute Gasteiger partial charge is 0.232 e. The number of benzene rings is 2.